The molecule has 0 amide bonds. The van der Waals surface area contributed by atoms with Gasteiger partial charge in [-0.1, -0.05) is 25.1 Å². The van der Waals surface area contributed by atoms with Crippen LogP contribution in [0.15, 0.2) is 48.8 Å². The molecule has 0 radical (unpaired) electrons. The number of hydrogen-bond acceptors (Lipinski definition) is 5. The molecule has 1 aliphatic rings. The molecule has 3 heterocycles. The van der Waals surface area contributed by atoms with Gasteiger partial charge in [-0.15, -0.1) is 13.2 Å². The Balaban J connectivity index is 1.44. The van der Waals surface area contributed by atoms with Crippen molar-refractivity contribution in [2.24, 2.45) is 0 Å². The first-order valence-corrected chi connectivity index (χ1v) is 10.3. The van der Waals surface area contributed by atoms with Gasteiger partial charge >= 0.3 is 6.36 Å². The molecule has 162 valence electrons. The standard InChI is InChI=1S/C23H23F3N4O/c1-2-5-22-28-13-17-15-30(11-10-19(17)29-22)14-16-8-9-20(27-12-16)18-6-3-4-7-21(18)31-23(24,25)26/h3-4,6-9,12-13H,2,5,10-11,14-15H2,1H3. The van der Waals surface area contributed by atoms with Crippen molar-refractivity contribution >= 4 is 0 Å². The van der Waals surface area contributed by atoms with Crippen LogP contribution < -0.4 is 4.74 Å². The molecular weight excluding hydrogens is 405 g/mol. The number of alkyl halides is 3. The highest BCUT2D eigenvalue weighted by Crippen LogP contribution is 2.32. The summed E-state index contributed by atoms with van der Waals surface area (Å²) in [7, 11) is 0. The molecule has 0 saturated carbocycles. The highest BCUT2D eigenvalue weighted by Gasteiger charge is 2.32. The zero-order chi connectivity index (χ0) is 21.8. The molecule has 1 aromatic carbocycles. The van der Waals surface area contributed by atoms with Crippen LogP contribution in [0.2, 0.25) is 0 Å². The van der Waals surface area contributed by atoms with Crippen LogP contribution in [0, 0.1) is 0 Å². The molecule has 2 aromatic heterocycles. The summed E-state index contributed by atoms with van der Waals surface area (Å²) in [5.74, 6) is 0.648. The molecule has 3 aromatic rings. The number of para-hydroxylation sites is 1. The van der Waals surface area contributed by atoms with Crippen molar-refractivity contribution in [3.8, 4) is 17.0 Å². The fourth-order valence-electron chi connectivity index (χ4n) is 3.72. The van der Waals surface area contributed by atoms with Crippen molar-refractivity contribution in [3.05, 3.63) is 71.4 Å². The van der Waals surface area contributed by atoms with Gasteiger partial charge in [-0.2, -0.15) is 0 Å². The first-order valence-electron chi connectivity index (χ1n) is 10.3. The van der Waals surface area contributed by atoms with Crippen molar-refractivity contribution in [1.82, 2.24) is 19.9 Å². The maximum Gasteiger partial charge on any atom is 0.573 e. The molecule has 1 aliphatic heterocycles. The Morgan fingerprint density at radius 2 is 1.90 bits per heavy atom. The third kappa shape index (κ3) is 5.38. The van der Waals surface area contributed by atoms with E-state index < -0.39 is 6.36 Å². The van der Waals surface area contributed by atoms with Gasteiger partial charge in [0, 0.05) is 61.7 Å². The number of benzene rings is 1. The van der Waals surface area contributed by atoms with E-state index >= 15 is 0 Å². The number of pyridine rings is 1. The van der Waals surface area contributed by atoms with Crippen molar-refractivity contribution < 1.29 is 17.9 Å². The quantitative estimate of drug-likeness (QED) is 0.556. The lowest BCUT2D eigenvalue weighted by Crippen LogP contribution is -2.31. The first-order chi connectivity index (χ1) is 14.9. The summed E-state index contributed by atoms with van der Waals surface area (Å²) < 4.78 is 42.1. The minimum Gasteiger partial charge on any atom is -0.405 e. The normalized spacial score (nSPS) is 14.3. The molecule has 5 nitrogen and oxygen atoms in total. The second-order valence-electron chi connectivity index (χ2n) is 7.56. The van der Waals surface area contributed by atoms with Crippen LogP contribution in [0.5, 0.6) is 5.75 Å². The smallest absolute Gasteiger partial charge is 0.405 e. The monoisotopic (exact) mass is 428 g/mol. The lowest BCUT2D eigenvalue weighted by Gasteiger charge is -2.28. The van der Waals surface area contributed by atoms with E-state index in [9.17, 15) is 13.2 Å². The summed E-state index contributed by atoms with van der Waals surface area (Å²) in [5, 5.41) is 0. The number of rotatable bonds is 6. The lowest BCUT2D eigenvalue weighted by atomic mass is 10.1. The predicted octanol–water partition coefficient (Wildman–Crippen LogP) is 4.95. The van der Waals surface area contributed by atoms with Gasteiger partial charge in [0.05, 0.1) is 5.69 Å². The molecule has 0 saturated heterocycles. The molecule has 8 heteroatoms. The van der Waals surface area contributed by atoms with E-state index in [0.717, 1.165) is 55.0 Å². The molecule has 31 heavy (non-hydrogen) atoms. The van der Waals surface area contributed by atoms with E-state index in [0.29, 0.717) is 17.8 Å². The number of aryl methyl sites for hydroxylation is 1. The van der Waals surface area contributed by atoms with E-state index in [1.165, 1.54) is 12.1 Å². The molecule has 0 aliphatic carbocycles. The van der Waals surface area contributed by atoms with Crippen molar-refractivity contribution in [1.29, 1.82) is 0 Å². The second-order valence-corrected chi connectivity index (χ2v) is 7.56. The van der Waals surface area contributed by atoms with Crippen LogP contribution in [0.4, 0.5) is 13.2 Å². The Morgan fingerprint density at radius 3 is 2.65 bits per heavy atom. The third-order valence-corrected chi connectivity index (χ3v) is 5.16. The number of aromatic nitrogens is 3. The fourth-order valence-corrected chi connectivity index (χ4v) is 3.72. The van der Waals surface area contributed by atoms with Crippen LogP contribution >= 0.6 is 0 Å². The highest BCUT2D eigenvalue weighted by molar-refractivity contribution is 5.67. The van der Waals surface area contributed by atoms with E-state index in [-0.39, 0.29) is 5.75 Å². The second kappa shape index (κ2) is 9.01. The lowest BCUT2D eigenvalue weighted by molar-refractivity contribution is -0.274. The minimum atomic E-state index is -4.75. The van der Waals surface area contributed by atoms with Crippen molar-refractivity contribution in [2.75, 3.05) is 6.54 Å². The topological polar surface area (TPSA) is 51.1 Å². The zero-order valence-corrected chi connectivity index (χ0v) is 17.2. The van der Waals surface area contributed by atoms with Crippen LogP contribution in [-0.4, -0.2) is 32.8 Å². The SMILES string of the molecule is CCCc1ncc2c(n1)CCN(Cc1ccc(-c3ccccc3OC(F)(F)F)nc1)C2. The zero-order valence-electron chi connectivity index (χ0n) is 17.2. The van der Waals surface area contributed by atoms with Gasteiger partial charge in [0.1, 0.15) is 11.6 Å². The third-order valence-electron chi connectivity index (χ3n) is 5.16. The predicted molar refractivity (Wildman–Crippen MR) is 110 cm³/mol. The molecule has 0 N–H and O–H groups in total. The Morgan fingerprint density at radius 1 is 1.06 bits per heavy atom. The van der Waals surface area contributed by atoms with Gasteiger partial charge in [-0.3, -0.25) is 9.88 Å². The molecule has 4 rings (SSSR count). The Hall–Kier alpha value is -3.00. The minimum absolute atomic E-state index is 0.259. The number of ether oxygens (including phenoxy) is 1. The number of hydrogen-bond donors (Lipinski definition) is 0. The Labute approximate surface area is 178 Å². The van der Waals surface area contributed by atoms with Gasteiger partial charge < -0.3 is 4.74 Å². The maximum absolute atomic E-state index is 12.7. The molecule has 0 bridgehead atoms. The Kier molecular flexibility index (Phi) is 6.18. The summed E-state index contributed by atoms with van der Waals surface area (Å²) in [6.45, 7) is 4.47. The van der Waals surface area contributed by atoms with E-state index in [2.05, 4.69) is 31.5 Å². The van der Waals surface area contributed by atoms with Crippen molar-refractivity contribution in [3.63, 3.8) is 0 Å². The van der Waals surface area contributed by atoms with E-state index in [1.807, 2.05) is 12.3 Å². The first kappa shape index (κ1) is 21.2. The van der Waals surface area contributed by atoms with Gasteiger partial charge in [0.15, 0.2) is 0 Å². The van der Waals surface area contributed by atoms with Crippen LogP contribution in [0.25, 0.3) is 11.3 Å². The summed E-state index contributed by atoms with van der Waals surface area (Å²) in [4.78, 5) is 15.8. The fraction of sp³-hybridized carbons (Fsp3) is 0.348. The molecule has 0 unspecified atom stereocenters. The van der Waals surface area contributed by atoms with Crippen molar-refractivity contribution in [2.45, 2.75) is 45.6 Å². The number of fused-ring (bicyclic) bond motifs is 1. The molecule has 0 fully saturated rings. The summed E-state index contributed by atoms with van der Waals surface area (Å²) in [6.07, 6.45) is 1.69. The van der Waals surface area contributed by atoms with Crippen LogP contribution in [0.3, 0.4) is 0 Å². The Bertz CT molecular complexity index is 1040. The van der Waals surface area contributed by atoms with Gasteiger partial charge in [0.25, 0.3) is 0 Å². The average molecular weight is 428 g/mol. The summed E-state index contributed by atoms with van der Waals surface area (Å²) in [6, 6.07) is 9.64. The van der Waals surface area contributed by atoms with E-state index in [4.69, 9.17) is 0 Å². The summed E-state index contributed by atoms with van der Waals surface area (Å²) in [5.41, 5.74) is 4.01. The maximum atomic E-state index is 12.7. The highest BCUT2D eigenvalue weighted by atomic mass is 19.4. The summed E-state index contributed by atoms with van der Waals surface area (Å²) >= 11 is 0. The number of nitrogens with zero attached hydrogens (tertiary/aromatic N) is 4. The molecular formula is C23H23F3N4O. The largest absolute Gasteiger partial charge is 0.573 e. The van der Waals surface area contributed by atoms with Gasteiger partial charge in [-0.05, 0) is 30.2 Å². The average Bonchev–Trinajstić information content (AvgIpc) is 2.74. The van der Waals surface area contributed by atoms with E-state index in [1.54, 1.807) is 24.4 Å². The van der Waals surface area contributed by atoms with Gasteiger partial charge in [-0.25, -0.2) is 9.97 Å². The number of halogens is 3. The molecule has 0 atom stereocenters. The van der Waals surface area contributed by atoms with Crippen LogP contribution in [0.1, 0.15) is 36.0 Å². The van der Waals surface area contributed by atoms with Crippen LogP contribution in [-0.2, 0) is 25.9 Å². The van der Waals surface area contributed by atoms with Gasteiger partial charge in [0.2, 0.25) is 0 Å². The molecule has 0 spiro atoms.